The first-order valence-corrected chi connectivity index (χ1v) is 7.50. The summed E-state index contributed by atoms with van der Waals surface area (Å²) in [5, 5.41) is 11.9. The van der Waals surface area contributed by atoms with Gasteiger partial charge in [0.1, 0.15) is 0 Å². The highest BCUT2D eigenvalue weighted by Crippen LogP contribution is 2.23. The second-order valence-corrected chi connectivity index (χ2v) is 6.88. The number of carboxylic acids is 1. The lowest BCUT2D eigenvalue weighted by atomic mass is 9.85. The Hall–Kier alpha value is -1.30. The molecule has 6 nitrogen and oxygen atoms in total. The highest BCUT2D eigenvalue weighted by Gasteiger charge is 2.31. The van der Waals surface area contributed by atoms with Gasteiger partial charge >= 0.3 is 12.0 Å². The number of hydrogen-bond donors (Lipinski definition) is 2. The molecule has 0 aromatic carbocycles. The number of amides is 2. The Morgan fingerprint density at radius 3 is 2.62 bits per heavy atom. The number of hydrogen-bond acceptors (Lipinski definition) is 3. The SMILES string of the molecule is COCC1CCCN(C(=O)NC(CC(=O)O)C(C)(C)C)C1. The minimum atomic E-state index is -0.897. The van der Waals surface area contributed by atoms with Crippen molar-refractivity contribution in [3.8, 4) is 0 Å². The molecule has 21 heavy (non-hydrogen) atoms. The van der Waals surface area contributed by atoms with Gasteiger partial charge in [-0.3, -0.25) is 4.79 Å². The Labute approximate surface area is 126 Å². The largest absolute Gasteiger partial charge is 0.481 e. The van der Waals surface area contributed by atoms with E-state index in [1.807, 2.05) is 20.8 Å². The Bertz CT molecular complexity index is 363. The van der Waals surface area contributed by atoms with E-state index in [0.29, 0.717) is 19.1 Å². The van der Waals surface area contributed by atoms with Gasteiger partial charge in [-0.2, -0.15) is 0 Å². The third kappa shape index (κ3) is 5.91. The van der Waals surface area contributed by atoms with E-state index < -0.39 is 5.97 Å². The average Bonchev–Trinajstić information content (AvgIpc) is 2.37. The van der Waals surface area contributed by atoms with Crippen molar-refractivity contribution < 1.29 is 19.4 Å². The maximum Gasteiger partial charge on any atom is 0.317 e. The van der Waals surface area contributed by atoms with Crippen molar-refractivity contribution in [1.82, 2.24) is 10.2 Å². The smallest absolute Gasteiger partial charge is 0.317 e. The van der Waals surface area contributed by atoms with E-state index >= 15 is 0 Å². The zero-order chi connectivity index (χ0) is 16.0. The first kappa shape index (κ1) is 17.8. The van der Waals surface area contributed by atoms with Gasteiger partial charge in [-0.15, -0.1) is 0 Å². The number of aliphatic carboxylic acids is 1. The van der Waals surface area contributed by atoms with Gasteiger partial charge in [-0.25, -0.2) is 4.79 Å². The lowest BCUT2D eigenvalue weighted by Gasteiger charge is -2.36. The fourth-order valence-corrected chi connectivity index (χ4v) is 2.61. The Balaban J connectivity index is 2.62. The van der Waals surface area contributed by atoms with Gasteiger partial charge in [0.05, 0.1) is 13.0 Å². The van der Waals surface area contributed by atoms with Crippen molar-refractivity contribution in [3.63, 3.8) is 0 Å². The number of carbonyl (C=O) groups excluding carboxylic acids is 1. The molecule has 1 fully saturated rings. The van der Waals surface area contributed by atoms with Gasteiger partial charge in [0, 0.05) is 32.2 Å². The van der Waals surface area contributed by atoms with E-state index in [2.05, 4.69) is 5.32 Å². The van der Waals surface area contributed by atoms with Crippen molar-refractivity contribution in [2.75, 3.05) is 26.8 Å². The molecule has 122 valence electrons. The predicted molar refractivity (Wildman–Crippen MR) is 80.2 cm³/mol. The molecule has 6 heteroatoms. The number of nitrogens with zero attached hydrogens (tertiary/aromatic N) is 1. The maximum absolute atomic E-state index is 12.4. The Kier molecular flexibility index (Phi) is 6.45. The van der Waals surface area contributed by atoms with E-state index in [-0.39, 0.29) is 23.9 Å². The van der Waals surface area contributed by atoms with Gasteiger partial charge in [0.25, 0.3) is 0 Å². The molecule has 0 aromatic rings. The fourth-order valence-electron chi connectivity index (χ4n) is 2.61. The molecular formula is C15H28N2O4. The van der Waals surface area contributed by atoms with E-state index in [0.717, 1.165) is 19.4 Å². The number of carbonyl (C=O) groups is 2. The summed E-state index contributed by atoms with van der Waals surface area (Å²) in [4.78, 5) is 25.1. The number of likely N-dealkylation sites (tertiary alicyclic amines) is 1. The van der Waals surface area contributed by atoms with Crippen LogP contribution in [-0.2, 0) is 9.53 Å². The van der Waals surface area contributed by atoms with Gasteiger partial charge < -0.3 is 20.1 Å². The summed E-state index contributed by atoms with van der Waals surface area (Å²) in [6.07, 6.45) is 1.96. The molecule has 1 rings (SSSR count). The molecule has 0 spiro atoms. The summed E-state index contributed by atoms with van der Waals surface area (Å²) in [6.45, 7) is 7.85. The molecular weight excluding hydrogens is 272 g/mol. The van der Waals surface area contributed by atoms with E-state index in [4.69, 9.17) is 9.84 Å². The van der Waals surface area contributed by atoms with E-state index in [1.165, 1.54) is 0 Å². The van der Waals surface area contributed by atoms with Gasteiger partial charge in [-0.1, -0.05) is 20.8 Å². The summed E-state index contributed by atoms with van der Waals surface area (Å²) >= 11 is 0. The van der Waals surface area contributed by atoms with Crippen LogP contribution in [0.3, 0.4) is 0 Å². The molecule has 2 unspecified atom stereocenters. The van der Waals surface area contributed by atoms with Crippen molar-refractivity contribution >= 4 is 12.0 Å². The van der Waals surface area contributed by atoms with Gasteiger partial charge in [0.2, 0.25) is 0 Å². The number of urea groups is 1. The lowest BCUT2D eigenvalue weighted by molar-refractivity contribution is -0.138. The quantitative estimate of drug-likeness (QED) is 0.813. The summed E-state index contributed by atoms with van der Waals surface area (Å²) in [7, 11) is 1.67. The summed E-state index contributed by atoms with van der Waals surface area (Å²) < 4.78 is 5.16. The highest BCUT2D eigenvalue weighted by atomic mass is 16.5. The third-order valence-corrected chi connectivity index (χ3v) is 3.93. The Morgan fingerprint density at radius 2 is 2.10 bits per heavy atom. The van der Waals surface area contributed by atoms with Crippen LogP contribution < -0.4 is 5.32 Å². The maximum atomic E-state index is 12.4. The molecule has 1 aliphatic heterocycles. The van der Waals surface area contributed by atoms with Crippen LogP contribution in [0.1, 0.15) is 40.0 Å². The number of nitrogens with one attached hydrogen (secondary N) is 1. The molecule has 2 amide bonds. The normalized spacial score (nSPS) is 21.0. The minimum Gasteiger partial charge on any atom is -0.481 e. The Morgan fingerprint density at radius 1 is 1.43 bits per heavy atom. The number of rotatable bonds is 5. The van der Waals surface area contributed by atoms with Crippen LogP contribution in [0, 0.1) is 11.3 Å². The first-order valence-electron chi connectivity index (χ1n) is 7.50. The van der Waals surface area contributed by atoms with Crippen LogP contribution in [0.4, 0.5) is 4.79 Å². The highest BCUT2D eigenvalue weighted by molar-refractivity contribution is 5.76. The van der Waals surface area contributed by atoms with E-state index in [1.54, 1.807) is 12.0 Å². The molecule has 1 saturated heterocycles. The van der Waals surface area contributed by atoms with Crippen LogP contribution >= 0.6 is 0 Å². The second kappa shape index (κ2) is 7.64. The second-order valence-electron chi connectivity index (χ2n) is 6.88. The van der Waals surface area contributed by atoms with Crippen LogP contribution in [0.5, 0.6) is 0 Å². The summed E-state index contributed by atoms with van der Waals surface area (Å²) in [5.74, 6) is -0.534. The molecule has 2 atom stereocenters. The number of carboxylic acid groups (broad SMARTS) is 1. The van der Waals surface area contributed by atoms with Crippen molar-refractivity contribution in [2.45, 2.75) is 46.1 Å². The molecule has 1 aliphatic rings. The number of piperidine rings is 1. The predicted octanol–water partition coefficient (Wildman–Crippen LogP) is 1.94. The van der Waals surface area contributed by atoms with Gasteiger partial charge in [0.15, 0.2) is 0 Å². The lowest BCUT2D eigenvalue weighted by Crippen LogP contribution is -2.52. The standard InChI is InChI=1S/C15H28N2O4/c1-15(2,3)12(8-13(18)19)16-14(20)17-7-5-6-11(9-17)10-21-4/h11-12H,5-10H2,1-4H3,(H,16,20)(H,18,19). The average molecular weight is 300 g/mol. The third-order valence-electron chi connectivity index (χ3n) is 3.93. The molecule has 1 heterocycles. The zero-order valence-corrected chi connectivity index (χ0v) is 13.5. The first-order chi connectivity index (χ1) is 9.74. The molecule has 0 bridgehead atoms. The molecule has 0 saturated carbocycles. The number of ether oxygens (including phenoxy) is 1. The van der Waals surface area contributed by atoms with Crippen LogP contribution in [0.2, 0.25) is 0 Å². The summed E-state index contributed by atoms with van der Waals surface area (Å²) in [5.41, 5.74) is -0.296. The number of methoxy groups -OCH3 is 1. The molecule has 0 aliphatic carbocycles. The molecule has 2 N–H and O–H groups in total. The zero-order valence-electron chi connectivity index (χ0n) is 13.5. The monoisotopic (exact) mass is 300 g/mol. The van der Waals surface area contributed by atoms with Crippen molar-refractivity contribution in [1.29, 1.82) is 0 Å². The van der Waals surface area contributed by atoms with Crippen LogP contribution in [-0.4, -0.2) is 54.9 Å². The van der Waals surface area contributed by atoms with Crippen LogP contribution in [0.25, 0.3) is 0 Å². The molecule has 0 radical (unpaired) electrons. The van der Waals surface area contributed by atoms with E-state index in [9.17, 15) is 9.59 Å². The minimum absolute atomic E-state index is 0.0649. The van der Waals surface area contributed by atoms with Crippen molar-refractivity contribution in [2.24, 2.45) is 11.3 Å². The fraction of sp³-hybridized carbons (Fsp3) is 0.867. The van der Waals surface area contributed by atoms with Gasteiger partial charge in [-0.05, 0) is 18.3 Å². The topological polar surface area (TPSA) is 78.9 Å². The van der Waals surface area contributed by atoms with Crippen LogP contribution in [0.15, 0.2) is 0 Å². The summed E-state index contributed by atoms with van der Waals surface area (Å²) in [6, 6.07) is -0.553. The molecule has 0 aromatic heterocycles. The van der Waals surface area contributed by atoms with Crippen molar-refractivity contribution in [3.05, 3.63) is 0 Å².